The standard InChI is InChI=1S/C13H17FO3/c1-13(16-8-9-17-13)6-7-15-10-11-2-4-12(14)5-3-11/h2-5H,6-10H2,1H3. The molecule has 0 atom stereocenters. The molecule has 1 aliphatic heterocycles. The second-order valence-corrected chi connectivity index (χ2v) is 4.26. The molecule has 0 radical (unpaired) electrons. The first-order chi connectivity index (χ1) is 8.18. The van der Waals surface area contributed by atoms with Gasteiger partial charge in [-0.2, -0.15) is 0 Å². The van der Waals surface area contributed by atoms with Crippen molar-refractivity contribution in [1.29, 1.82) is 0 Å². The van der Waals surface area contributed by atoms with E-state index in [-0.39, 0.29) is 5.82 Å². The van der Waals surface area contributed by atoms with Gasteiger partial charge in [0.05, 0.1) is 26.4 Å². The Bertz CT molecular complexity index is 344. The van der Waals surface area contributed by atoms with Crippen LogP contribution in [0.3, 0.4) is 0 Å². The average Bonchev–Trinajstić information content (AvgIpc) is 2.74. The second-order valence-electron chi connectivity index (χ2n) is 4.26. The van der Waals surface area contributed by atoms with Crippen molar-refractivity contribution in [1.82, 2.24) is 0 Å². The molecule has 4 heteroatoms. The summed E-state index contributed by atoms with van der Waals surface area (Å²) in [7, 11) is 0. The topological polar surface area (TPSA) is 27.7 Å². The molecule has 0 aromatic heterocycles. The van der Waals surface area contributed by atoms with Crippen LogP contribution in [0.2, 0.25) is 0 Å². The number of hydrogen-bond donors (Lipinski definition) is 0. The van der Waals surface area contributed by atoms with Crippen molar-refractivity contribution in [3.8, 4) is 0 Å². The van der Waals surface area contributed by atoms with Crippen LogP contribution in [-0.4, -0.2) is 25.6 Å². The first-order valence-electron chi connectivity index (χ1n) is 5.78. The summed E-state index contributed by atoms with van der Waals surface area (Å²) in [4.78, 5) is 0. The quantitative estimate of drug-likeness (QED) is 0.740. The Labute approximate surface area is 100 Å². The van der Waals surface area contributed by atoms with Crippen molar-refractivity contribution in [3.05, 3.63) is 35.6 Å². The molecule has 1 aliphatic rings. The highest BCUT2D eigenvalue weighted by atomic mass is 19.1. The van der Waals surface area contributed by atoms with E-state index in [1.54, 1.807) is 12.1 Å². The Morgan fingerprint density at radius 1 is 1.24 bits per heavy atom. The fourth-order valence-corrected chi connectivity index (χ4v) is 1.73. The molecule has 0 bridgehead atoms. The summed E-state index contributed by atoms with van der Waals surface area (Å²) < 4.78 is 29.1. The summed E-state index contributed by atoms with van der Waals surface area (Å²) in [5.41, 5.74) is 0.963. The zero-order chi connectivity index (χ0) is 12.1. The largest absolute Gasteiger partial charge is 0.377 e. The van der Waals surface area contributed by atoms with E-state index in [0.717, 1.165) is 5.56 Å². The summed E-state index contributed by atoms with van der Waals surface area (Å²) in [6.07, 6.45) is 0.703. The first-order valence-corrected chi connectivity index (χ1v) is 5.78. The highest BCUT2D eigenvalue weighted by Crippen LogP contribution is 2.22. The normalized spacial score (nSPS) is 18.5. The third kappa shape index (κ3) is 3.77. The molecule has 0 unspecified atom stereocenters. The molecule has 0 aliphatic carbocycles. The molecule has 0 N–H and O–H groups in total. The van der Waals surface area contributed by atoms with Gasteiger partial charge in [-0.3, -0.25) is 0 Å². The molecule has 17 heavy (non-hydrogen) atoms. The van der Waals surface area contributed by atoms with Crippen LogP contribution in [0.25, 0.3) is 0 Å². The number of halogens is 1. The fraction of sp³-hybridized carbons (Fsp3) is 0.538. The van der Waals surface area contributed by atoms with Crippen LogP contribution in [0.4, 0.5) is 4.39 Å². The average molecular weight is 240 g/mol. The van der Waals surface area contributed by atoms with Gasteiger partial charge in [0.25, 0.3) is 0 Å². The lowest BCUT2D eigenvalue weighted by Gasteiger charge is -2.21. The predicted molar refractivity (Wildman–Crippen MR) is 61.0 cm³/mol. The van der Waals surface area contributed by atoms with Crippen LogP contribution in [-0.2, 0) is 20.8 Å². The van der Waals surface area contributed by atoms with E-state index >= 15 is 0 Å². The Morgan fingerprint density at radius 2 is 1.88 bits per heavy atom. The van der Waals surface area contributed by atoms with Crippen LogP contribution in [0.1, 0.15) is 18.9 Å². The Kier molecular flexibility index (Phi) is 4.10. The molecule has 0 spiro atoms. The smallest absolute Gasteiger partial charge is 0.167 e. The van der Waals surface area contributed by atoms with Gasteiger partial charge in [-0.25, -0.2) is 4.39 Å². The molecule has 0 saturated carbocycles. The fourth-order valence-electron chi connectivity index (χ4n) is 1.73. The Hall–Kier alpha value is -0.970. The van der Waals surface area contributed by atoms with E-state index in [2.05, 4.69) is 0 Å². The zero-order valence-corrected chi connectivity index (χ0v) is 9.95. The SMILES string of the molecule is CC1(CCOCc2ccc(F)cc2)OCCO1. The van der Waals surface area contributed by atoms with Crippen molar-refractivity contribution in [2.45, 2.75) is 25.7 Å². The Morgan fingerprint density at radius 3 is 2.53 bits per heavy atom. The predicted octanol–water partition coefficient (Wildman–Crippen LogP) is 2.50. The van der Waals surface area contributed by atoms with Crippen molar-refractivity contribution < 1.29 is 18.6 Å². The van der Waals surface area contributed by atoms with Crippen LogP contribution in [0.15, 0.2) is 24.3 Å². The van der Waals surface area contributed by atoms with Gasteiger partial charge in [0.2, 0.25) is 0 Å². The monoisotopic (exact) mass is 240 g/mol. The molecule has 94 valence electrons. The molecule has 1 aromatic rings. The van der Waals surface area contributed by atoms with E-state index in [1.165, 1.54) is 12.1 Å². The molecule has 1 fully saturated rings. The highest BCUT2D eigenvalue weighted by Gasteiger charge is 2.30. The zero-order valence-electron chi connectivity index (χ0n) is 9.95. The maximum atomic E-state index is 12.7. The summed E-state index contributed by atoms with van der Waals surface area (Å²) in [6, 6.07) is 6.31. The number of hydrogen-bond acceptors (Lipinski definition) is 3. The minimum Gasteiger partial charge on any atom is -0.377 e. The van der Waals surface area contributed by atoms with Gasteiger partial charge in [0.1, 0.15) is 5.82 Å². The van der Waals surface area contributed by atoms with E-state index < -0.39 is 5.79 Å². The van der Waals surface area contributed by atoms with Crippen LogP contribution < -0.4 is 0 Å². The van der Waals surface area contributed by atoms with Gasteiger partial charge in [-0.05, 0) is 24.6 Å². The van der Waals surface area contributed by atoms with E-state index in [9.17, 15) is 4.39 Å². The van der Waals surface area contributed by atoms with Gasteiger partial charge in [-0.15, -0.1) is 0 Å². The maximum Gasteiger partial charge on any atom is 0.167 e. The van der Waals surface area contributed by atoms with Gasteiger partial charge < -0.3 is 14.2 Å². The van der Waals surface area contributed by atoms with Gasteiger partial charge in [-0.1, -0.05) is 12.1 Å². The first kappa shape index (κ1) is 12.5. The minimum absolute atomic E-state index is 0.228. The van der Waals surface area contributed by atoms with Crippen molar-refractivity contribution in [3.63, 3.8) is 0 Å². The summed E-state index contributed by atoms with van der Waals surface area (Å²) in [6.45, 7) is 4.26. The number of benzene rings is 1. The molecular weight excluding hydrogens is 223 g/mol. The third-order valence-corrected chi connectivity index (χ3v) is 2.78. The summed E-state index contributed by atoms with van der Waals surface area (Å²) in [5, 5.41) is 0. The lowest BCUT2D eigenvalue weighted by Crippen LogP contribution is -2.27. The number of ether oxygens (including phenoxy) is 3. The van der Waals surface area contributed by atoms with Crippen molar-refractivity contribution in [2.75, 3.05) is 19.8 Å². The molecule has 1 heterocycles. The molecule has 1 saturated heterocycles. The van der Waals surface area contributed by atoms with Crippen molar-refractivity contribution >= 4 is 0 Å². The van der Waals surface area contributed by atoms with Crippen molar-refractivity contribution in [2.24, 2.45) is 0 Å². The third-order valence-electron chi connectivity index (χ3n) is 2.78. The molecule has 3 nitrogen and oxygen atoms in total. The lowest BCUT2D eigenvalue weighted by atomic mass is 10.2. The van der Waals surface area contributed by atoms with Gasteiger partial charge >= 0.3 is 0 Å². The molecule has 1 aromatic carbocycles. The van der Waals surface area contributed by atoms with E-state index in [4.69, 9.17) is 14.2 Å². The van der Waals surface area contributed by atoms with Crippen LogP contribution in [0, 0.1) is 5.82 Å². The van der Waals surface area contributed by atoms with Crippen LogP contribution in [0.5, 0.6) is 0 Å². The molecular formula is C13H17FO3. The molecule has 0 amide bonds. The van der Waals surface area contributed by atoms with E-state index in [1.807, 2.05) is 6.92 Å². The lowest BCUT2D eigenvalue weighted by molar-refractivity contribution is -0.156. The van der Waals surface area contributed by atoms with E-state index in [0.29, 0.717) is 32.8 Å². The minimum atomic E-state index is -0.497. The Balaban J connectivity index is 1.67. The highest BCUT2D eigenvalue weighted by molar-refractivity contribution is 5.14. The summed E-state index contributed by atoms with van der Waals surface area (Å²) >= 11 is 0. The van der Waals surface area contributed by atoms with Gasteiger partial charge in [0, 0.05) is 6.42 Å². The van der Waals surface area contributed by atoms with Gasteiger partial charge in [0.15, 0.2) is 5.79 Å². The number of rotatable bonds is 5. The summed E-state index contributed by atoms with van der Waals surface area (Å²) in [5.74, 6) is -0.725. The van der Waals surface area contributed by atoms with Crippen LogP contribution >= 0.6 is 0 Å². The maximum absolute atomic E-state index is 12.7. The second kappa shape index (κ2) is 5.58. The molecule has 2 rings (SSSR count).